The van der Waals surface area contributed by atoms with Crippen LogP contribution in [-0.2, 0) is 22.3 Å². The summed E-state index contributed by atoms with van der Waals surface area (Å²) in [4.78, 5) is 15.4. The molecule has 1 aliphatic rings. The molecule has 1 aromatic heterocycles. The fourth-order valence-electron chi connectivity index (χ4n) is 5.21. The van der Waals surface area contributed by atoms with Crippen molar-refractivity contribution in [3.05, 3.63) is 107 Å². The zero-order valence-electron chi connectivity index (χ0n) is 21.7. The third-order valence-corrected chi connectivity index (χ3v) is 7.27. The summed E-state index contributed by atoms with van der Waals surface area (Å²) in [6, 6.07) is 23.2. The highest BCUT2D eigenvalue weighted by Gasteiger charge is 2.31. The van der Waals surface area contributed by atoms with Gasteiger partial charge in [0.15, 0.2) is 0 Å². The van der Waals surface area contributed by atoms with Gasteiger partial charge in [0.05, 0.1) is 18.8 Å². The predicted octanol–water partition coefficient (Wildman–Crippen LogP) is 5.68. The van der Waals surface area contributed by atoms with E-state index in [0.717, 1.165) is 53.8 Å². The quantitative estimate of drug-likeness (QED) is 0.300. The van der Waals surface area contributed by atoms with Crippen LogP contribution in [0.1, 0.15) is 34.6 Å². The second-order valence-electron chi connectivity index (χ2n) is 9.90. The van der Waals surface area contributed by atoms with Crippen LogP contribution >= 0.6 is 0 Å². The third kappa shape index (κ3) is 6.69. The number of carbonyl (C=O) groups excluding carboxylic acids is 1. The molecule has 8 heteroatoms. The summed E-state index contributed by atoms with van der Waals surface area (Å²) in [6.07, 6.45) is -2.24. The van der Waals surface area contributed by atoms with Crippen LogP contribution < -0.4 is 5.32 Å². The maximum Gasteiger partial charge on any atom is 0.416 e. The number of alkyl halides is 3. The van der Waals surface area contributed by atoms with Crippen molar-refractivity contribution in [1.29, 1.82) is 0 Å². The first kappa shape index (κ1) is 27.0. The lowest BCUT2D eigenvalue weighted by Gasteiger charge is -2.26. The van der Waals surface area contributed by atoms with Crippen LogP contribution in [-0.4, -0.2) is 54.8 Å². The predicted molar refractivity (Wildman–Crippen MR) is 146 cm³/mol. The standard InChI is InChI=1S/C31H32F3N3O2/c32-31(33,34)25-12-10-24(11-13-25)27(20-30(38)35-14-15-36-16-18-39-19-17-36)28-22-37(21-23-6-2-1-3-7-23)29-9-5-4-8-26(28)29/h1-13,22,27H,14-21H2,(H,35,38). The van der Waals surface area contributed by atoms with Gasteiger partial charge in [-0.1, -0.05) is 60.7 Å². The molecule has 5 nitrogen and oxygen atoms in total. The normalized spacial score (nSPS) is 15.4. The number of fused-ring (bicyclic) bond motifs is 1. The molecule has 1 fully saturated rings. The SMILES string of the molecule is O=C(CC(c1ccc(C(F)(F)F)cc1)c1cn(Cc2ccccc2)c2ccccc12)NCCN1CCOCC1. The number of benzene rings is 3. The van der Waals surface area contributed by atoms with E-state index in [4.69, 9.17) is 4.74 Å². The Hall–Kier alpha value is -3.62. The minimum Gasteiger partial charge on any atom is -0.379 e. The van der Waals surface area contributed by atoms with Gasteiger partial charge in [0, 0.05) is 62.2 Å². The topological polar surface area (TPSA) is 46.5 Å². The minimum atomic E-state index is -4.42. The zero-order valence-corrected chi connectivity index (χ0v) is 21.7. The number of ether oxygens (including phenoxy) is 1. The average Bonchev–Trinajstić information content (AvgIpc) is 3.30. The molecule has 4 aromatic rings. The van der Waals surface area contributed by atoms with Crippen molar-refractivity contribution in [3.63, 3.8) is 0 Å². The van der Waals surface area contributed by atoms with E-state index in [1.54, 1.807) is 0 Å². The van der Waals surface area contributed by atoms with E-state index in [1.807, 2.05) is 48.7 Å². The molecule has 1 aliphatic heterocycles. The lowest BCUT2D eigenvalue weighted by Crippen LogP contribution is -2.41. The van der Waals surface area contributed by atoms with Gasteiger partial charge < -0.3 is 14.6 Å². The number of nitrogens with one attached hydrogen (secondary N) is 1. The Balaban J connectivity index is 1.44. The van der Waals surface area contributed by atoms with Crippen molar-refractivity contribution < 1.29 is 22.7 Å². The van der Waals surface area contributed by atoms with Crippen LogP contribution in [0, 0.1) is 0 Å². The number of halogens is 3. The Kier molecular flexibility index (Phi) is 8.33. The van der Waals surface area contributed by atoms with Gasteiger partial charge in [0.1, 0.15) is 0 Å². The van der Waals surface area contributed by atoms with E-state index in [0.29, 0.717) is 31.9 Å². The number of hydrogen-bond acceptors (Lipinski definition) is 3. The van der Waals surface area contributed by atoms with E-state index in [-0.39, 0.29) is 12.3 Å². The maximum absolute atomic E-state index is 13.3. The molecule has 0 aliphatic carbocycles. The first-order valence-corrected chi connectivity index (χ1v) is 13.2. The second kappa shape index (κ2) is 12.1. The van der Waals surface area contributed by atoms with E-state index < -0.39 is 17.7 Å². The van der Waals surface area contributed by atoms with Gasteiger partial charge in [-0.25, -0.2) is 0 Å². The van der Waals surface area contributed by atoms with Crippen LogP contribution in [0.4, 0.5) is 13.2 Å². The second-order valence-corrected chi connectivity index (χ2v) is 9.90. The summed E-state index contributed by atoms with van der Waals surface area (Å²) in [5.74, 6) is -0.536. The number of nitrogens with zero attached hydrogens (tertiary/aromatic N) is 2. The van der Waals surface area contributed by atoms with Crippen molar-refractivity contribution in [2.75, 3.05) is 39.4 Å². The summed E-state index contributed by atoms with van der Waals surface area (Å²) in [5, 5.41) is 4.01. The molecule has 1 amide bonds. The summed E-state index contributed by atoms with van der Waals surface area (Å²) >= 11 is 0. The molecule has 0 bridgehead atoms. The number of aromatic nitrogens is 1. The van der Waals surface area contributed by atoms with E-state index >= 15 is 0 Å². The molecule has 5 rings (SSSR count). The summed E-state index contributed by atoms with van der Waals surface area (Å²) in [6.45, 7) is 4.95. The van der Waals surface area contributed by atoms with Gasteiger partial charge in [-0.05, 0) is 34.9 Å². The highest BCUT2D eigenvalue weighted by atomic mass is 19.4. The van der Waals surface area contributed by atoms with Gasteiger partial charge in [-0.15, -0.1) is 0 Å². The maximum atomic E-state index is 13.3. The Labute approximate surface area is 226 Å². The van der Waals surface area contributed by atoms with E-state index in [9.17, 15) is 18.0 Å². The van der Waals surface area contributed by atoms with Crippen LogP contribution in [0.15, 0.2) is 85.1 Å². The highest BCUT2D eigenvalue weighted by Crippen LogP contribution is 2.37. The highest BCUT2D eigenvalue weighted by molar-refractivity contribution is 5.86. The fraction of sp³-hybridized carbons (Fsp3) is 0.323. The van der Waals surface area contributed by atoms with E-state index in [1.165, 1.54) is 12.1 Å². The molecule has 1 unspecified atom stereocenters. The molecule has 0 spiro atoms. The van der Waals surface area contributed by atoms with Gasteiger partial charge in [0.25, 0.3) is 0 Å². The molecule has 1 saturated heterocycles. The molecule has 1 atom stereocenters. The summed E-state index contributed by atoms with van der Waals surface area (Å²) in [7, 11) is 0. The molecule has 204 valence electrons. The Morgan fingerprint density at radius 2 is 1.62 bits per heavy atom. The summed E-state index contributed by atoms with van der Waals surface area (Å²) < 4.78 is 47.4. The van der Waals surface area contributed by atoms with Crippen molar-refractivity contribution in [2.24, 2.45) is 0 Å². The number of morpholine rings is 1. The number of carbonyl (C=O) groups is 1. The first-order valence-electron chi connectivity index (χ1n) is 13.2. The largest absolute Gasteiger partial charge is 0.416 e. The number of para-hydroxylation sites is 1. The van der Waals surface area contributed by atoms with Gasteiger partial charge in [0.2, 0.25) is 5.91 Å². The lowest BCUT2D eigenvalue weighted by molar-refractivity contribution is -0.137. The molecule has 0 saturated carbocycles. The van der Waals surface area contributed by atoms with Crippen molar-refractivity contribution in [2.45, 2.75) is 25.1 Å². The zero-order chi connectivity index (χ0) is 27.2. The monoisotopic (exact) mass is 535 g/mol. The van der Waals surface area contributed by atoms with Gasteiger partial charge >= 0.3 is 6.18 Å². The first-order chi connectivity index (χ1) is 18.9. The van der Waals surface area contributed by atoms with Gasteiger partial charge in [-0.2, -0.15) is 13.2 Å². The minimum absolute atomic E-state index is 0.131. The summed E-state index contributed by atoms with van der Waals surface area (Å²) in [5.41, 5.74) is 3.04. The van der Waals surface area contributed by atoms with Crippen molar-refractivity contribution in [3.8, 4) is 0 Å². The lowest BCUT2D eigenvalue weighted by atomic mass is 9.87. The number of rotatable bonds is 9. The fourth-order valence-corrected chi connectivity index (χ4v) is 5.21. The van der Waals surface area contributed by atoms with Crippen molar-refractivity contribution >= 4 is 16.8 Å². The molecule has 39 heavy (non-hydrogen) atoms. The molecule has 0 radical (unpaired) electrons. The third-order valence-electron chi connectivity index (χ3n) is 7.27. The molecule has 2 heterocycles. The Morgan fingerprint density at radius 3 is 2.33 bits per heavy atom. The Bertz CT molecular complexity index is 1380. The number of amides is 1. The van der Waals surface area contributed by atoms with E-state index in [2.05, 4.69) is 26.9 Å². The van der Waals surface area contributed by atoms with Crippen LogP contribution in [0.25, 0.3) is 10.9 Å². The van der Waals surface area contributed by atoms with Gasteiger partial charge in [-0.3, -0.25) is 9.69 Å². The van der Waals surface area contributed by atoms with Crippen LogP contribution in [0.5, 0.6) is 0 Å². The molecule has 1 N–H and O–H groups in total. The number of hydrogen-bond donors (Lipinski definition) is 1. The molecular formula is C31H32F3N3O2. The molecular weight excluding hydrogens is 503 g/mol. The van der Waals surface area contributed by atoms with Crippen LogP contribution in [0.2, 0.25) is 0 Å². The van der Waals surface area contributed by atoms with Crippen molar-refractivity contribution in [1.82, 2.24) is 14.8 Å². The molecule has 3 aromatic carbocycles. The smallest absolute Gasteiger partial charge is 0.379 e. The van der Waals surface area contributed by atoms with Crippen LogP contribution in [0.3, 0.4) is 0 Å². The Morgan fingerprint density at radius 1 is 0.923 bits per heavy atom. The average molecular weight is 536 g/mol.